The van der Waals surface area contributed by atoms with Gasteiger partial charge in [-0.05, 0) is 46.2 Å². The van der Waals surface area contributed by atoms with Gasteiger partial charge in [-0.2, -0.15) is 11.3 Å². The van der Waals surface area contributed by atoms with Crippen LogP contribution in [-0.2, 0) is 0 Å². The molecule has 86 valence electrons. The lowest BCUT2D eigenvalue weighted by Gasteiger charge is -2.11. The number of halogens is 3. The highest BCUT2D eigenvalue weighted by Crippen LogP contribution is 2.27. The summed E-state index contributed by atoms with van der Waals surface area (Å²) < 4.78 is 0. The van der Waals surface area contributed by atoms with Crippen LogP contribution in [0.25, 0.3) is 0 Å². The molecule has 1 aromatic carbocycles. The molecule has 1 atom stereocenters. The Balaban J connectivity index is 0.00000128. The molecule has 0 aliphatic carbocycles. The average molecular weight is 295 g/mol. The van der Waals surface area contributed by atoms with Crippen molar-refractivity contribution in [2.75, 3.05) is 0 Å². The first-order chi connectivity index (χ1) is 7.16. The molecule has 2 N–H and O–H groups in total. The predicted octanol–water partition coefficient (Wildman–Crippen LogP) is 4.52. The molecule has 0 spiro atoms. The molecule has 0 aliphatic rings. The fraction of sp³-hybridized carbons (Fsp3) is 0.0909. The van der Waals surface area contributed by atoms with E-state index < -0.39 is 0 Å². The van der Waals surface area contributed by atoms with E-state index in [1.54, 1.807) is 17.4 Å². The Morgan fingerprint density at radius 1 is 1.06 bits per heavy atom. The number of rotatable bonds is 2. The molecule has 1 heterocycles. The van der Waals surface area contributed by atoms with Crippen LogP contribution < -0.4 is 5.73 Å². The zero-order valence-corrected chi connectivity index (χ0v) is 11.3. The Bertz CT molecular complexity index is 436. The Labute approximate surface area is 115 Å². The molecule has 1 nitrogen and oxygen atoms in total. The first-order valence-electron chi connectivity index (χ1n) is 4.40. The molecule has 5 heteroatoms. The van der Waals surface area contributed by atoms with Crippen LogP contribution >= 0.6 is 46.9 Å². The van der Waals surface area contributed by atoms with Crippen LogP contribution in [0, 0.1) is 0 Å². The van der Waals surface area contributed by atoms with Gasteiger partial charge in [0.1, 0.15) is 0 Å². The van der Waals surface area contributed by atoms with E-state index in [9.17, 15) is 0 Å². The van der Waals surface area contributed by atoms with E-state index >= 15 is 0 Å². The number of thiophene rings is 1. The van der Waals surface area contributed by atoms with Gasteiger partial charge in [-0.1, -0.05) is 23.2 Å². The molecule has 0 unspecified atom stereocenters. The maximum Gasteiger partial charge on any atom is 0.0560 e. The highest BCUT2D eigenvalue weighted by atomic mass is 35.5. The van der Waals surface area contributed by atoms with Gasteiger partial charge in [0.25, 0.3) is 0 Å². The third-order valence-electron chi connectivity index (χ3n) is 2.15. The first-order valence-corrected chi connectivity index (χ1v) is 6.10. The molecule has 2 rings (SSSR count). The molecule has 1 aromatic heterocycles. The van der Waals surface area contributed by atoms with Crippen LogP contribution in [0.5, 0.6) is 0 Å². The molecular formula is C11H10Cl3NS. The zero-order valence-electron chi connectivity index (χ0n) is 8.19. The van der Waals surface area contributed by atoms with Crippen molar-refractivity contribution in [2.45, 2.75) is 6.04 Å². The lowest BCUT2D eigenvalue weighted by molar-refractivity contribution is 0.877. The summed E-state index contributed by atoms with van der Waals surface area (Å²) >= 11 is 13.5. The molecule has 0 saturated carbocycles. The maximum atomic E-state index is 6.09. The normalized spacial score (nSPS) is 11.9. The fourth-order valence-electron chi connectivity index (χ4n) is 1.40. The topological polar surface area (TPSA) is 26.0 Å². The van der Waals surface area contributed by atoms with E-state index in [-0.39, 0.29) is 18.4 Å². The van der Waals surface area contributed by atoms with Gasteiger partial charge in [-0.25, -0.2) is 0 Å². The van der Waals surface area contributed by atoms with Crippen LogP contribution in [0.3, 0.4) is 0 Å². The zero-order chi connectivity index (χ0) is 10.8. The summed E-state index contributed by atoms with van der Waals surface area (Å²) in [4.78, 5) is 0. The van der Waals surface area contributed by atoms with Gasteiger partial charge < -0.3 is 5.73 Å². The SMILES string of the molecule is Cl.N[C@H](c1ccsc1)c1cc(Cl)cc(Cl)c1. The van der Waals surface area contributed by atoms with E-state index in [4.69, 9.17) is 28.9 Å². The molecule has 0 bridgehead atoms. The first kappa shape index (κ1) is 13.8. The second kappa shape index (κ2) is 5.89. The third-order valence-corrected chi connectivity index (χ3v) is 3.28. The largest absolute Gasteiger partial charge is 0.320 e. The van der Waals surface area contributed by atoms with E-state index in [0.717, 1.165) is 11.1 Å². The average Bonchev–Trinajstić information content (AvgIpc) is 2.67. The van der Waals surface area contributed by atoms with Crippen LogP contribution in [-0.4, -0.2) is 0 Å². The fourth-order valence-corrected chi connectivity index (χ4v) is 2.64. The van der Waals surface area contributed by atoms with Gasteiger partial charge in [0.15, 0.2) is 0 Å². The summed E-state index contributed by atoms with van der Waals surface area (Å²) in [6.45, 7) is 0. The van der Waals surface area contributed by atoms with E-state index in [2.05, 4.69) is 0 Å². The van der Waals surface area contributed by atoms with E-state index in [1.165, 1.54) is 0 Å². The Morgan fingerprint density at radius 3 is 2.19 bits per heavy atom. The maximum absolute atomic E-state index is 6.09. The van der Waals surface area contributed by atoms with Crippen molar-refractivity contribution in [1.82, 2.24) is 0 Å². The summed E-state index contributed by atoms with van der Waals surface area (Å²) in [5, 5.41) is 5.26. The lowest BCUT2D eigenvalue weighted by atomic mass is 10.0. The van der Waals surface area contributed by atoms with Crippen molar-refractivity contribution < 1.29 is 0 Å². The summed E-state index contributed by atoms with van der Waals surface area (Å²) in [6.07, 6.45) is 0. The minimum atomic E-state index is -0.160. The molecule has 0 amide bonds. The molecule has 0 fully saturated rings. The van der Waals surface area contributed by atoms with Gasteiger partial charge in [0, 0.05) is 10.0 Å². The van der Waals surface area contributed by atoms with Crippen molar-refractivity contribution in [1.29, 1.82) is 0 Å². The molecule has 0 aliphatic heterocycles. The Morgan fingerprint density at radius 2 is 1.69 bits per heavy atom. The van der Waals surface area contributed by atoms with Crippen molar-refractivity contribution in [3.8, 4) is 0 Å². The summed E-state index contributed by atoms with van der Waals surface area (Å²) in [5.74, 6) is 0. The third kappa shape index (κ3) is 3.12. The molecule has 2 aromatic rings. The number of nitrogens with two attached hydrogens (primary N) is 1. The van der Waals surface area contributed by atoms with Crippen LogP contribution in [0.1, 0.15) is 17.2 Å². The summed E-state index contributed by atoms with van der Waals surface area (Å²) in [6, 6.07) is 7.23. The molecule has 0 radical (unpaired) electrons. The van der Waals surface area contributed by atoms with Gasteiger partial charge >= 0.3 is 0 Å². The van der Waals surface area contributed by atoms with Gasteiger partial charge in [-0.15, -0.1) is 12.4 Å². The van der Waals surface area contributed by atoms with E-state index in [1.807, 2.05) is 29.0 Å². The Hall–Kier alpha value is -0.250. The Kier molecular flexibility index (Phi) is 5.09. The van der Waals surface area contributed by atoms with Crippen molar-refractivity contribution in [2.24, 2.45) is 5.73 Å². The predicted molar refractivity (Wildman–Crippen MR) is 74.1 cm³/mol. The van der Waals surface area contributed by atoms with Crippen molar-refractivity contribution >= 4 is 46.9 Å². The van der Waals surface area contributed by atoms with Gasteiger partial charge in [0.05, 0.1) is 6.04 Å². The molecule has 16 heavy (non-hydrogen) atoms. The summed E-state index contributed by atoms with van der Waals surface area (Å²) in [7, 11) is 0. The minimum Gasteiger partial charge on any atom is -0.320 e. The number of hydrogen-bond acceptors (Lipinski definition) is 2. The highest BCUT2D eigenvalue weighted by molar-refractivity contribution is 7.08. The van der Waals surface area contributed by atoms with Crippen LogP contribution in [0.15, 0.2) is 35.0 Å². The lowest BCUT2D eigenvalue weighted by Crippen LogP contribution is -2.10. The minimum absolute atomic E-state index is 0. The van der Waals surface area contributed by atoms with Gasteiger partial charge in [0.2, 0.25) is 0 Å². The van der Waals surface area contributed by atoms with Crippen molar-refractivity contribution in [3.05, 3.63) is 56.2 Å². The smallest absolute Gasteiger partial charge is 0.0560 e. The highest BCUT2D eigenvalue weighted by Gasteiger charge is 2.10. The number of benzene rings is 1. The monoisotopic (exact) mass is 293 g/mol. The number of hydrogen-bond donors (Lipinski definition) is 1. The summed E-state index contributed by atoms with van der Waals surface area (Å²) in [5.41, 5.74) is 8.11. The molecule has 0 saturated heterocycles. The standard InChI is InChI=1S/C11H9Cl2NS.ClH/c12-9-3-8(4-10(13)5-9)11(14)7-1-2-15-6-7;/h1-6,11H,14H2;1H/t11-;/m1./s1. The van der Waals surface area contributed by atoms with Crippen molar-refractivity contribution in [3.63, 3.8) is 0 Å². The second-order valence-corrected chi connectivity index (χ2v) is 4.89. The quantitative estimate of drug-likeness (QED) is 0.865. The van der Waals surface area contributed by atoms with E-state index in [0.29, 0.717) is 10.0 Å². The van der Waals surface area contributed by atoms with Gasteiger partial charge in [-0.3, -0.25) is 0 Å². The second-order valence-electron chi connectivity index (χ2n) is 3.24. The van der Waals surface area contributed by atoms with Crippen LogP contribution in [0.4, 0.5) is 0 Å². The molecular weight excluding hydrogens is 285 g/mol. The van der Waals surface area contributed by atoms with Crippen LogP contribution in [0.2, 0.25) is 10.0 Å².